The first-order valence-corrected chi connectivity index (χ1v) is 9.65. The third-order valence-corrected chi connectivity index (χ3v) is 5.69. The van der Waals surface area contributed by atoms with Crippen molar-refractivity contribution in [2.45, 2.75) is 57.0 Å². The highest BCUT2D eigenvalue weighted by atomic mass is 16.3. The van der Waals surface area contributed by atoms with Gasteiger partial charge in [-0.1, -0.05) is 6.42 Å². The molecule has 1 aliphatic carbocycles. The zero-order chi connectivity index (χ0) is 18.8. The topological polar surface area (TPSA) is 93.3 Å². The normalized spacial score (nSPS) is 20.3. The SMILES string of the molecule is Cn1c(CNC(=O)C2CCCCN2C(=O)c2ccco2)nnc1C1CCC1. The van der Waals surface area contributed by atoms with E-state index < -0.39 is 6.04 Å². The summed E-state index contributed by atoms with van der Waals surface area (Å²) in [5, 5.41) is 11.5. The van der Waals surface area contributed by atoms with Crippen LogP contribution in [0, 0.1) is 0 Å². The van der Waals surface area contributed by atoms with E-state index in [2.05, 4.69) is 15.5 Å². The van der Waals surface area contributed by atoms with Gasteiger partial charge in [-0.25, -0.2) is 0 Å². The van der Waals surface area contributed by atoms with Crippen LogP contribution < -0.4 is 5.32 Å². The maximum atomic E-state index is 12.8. The number of likely N-dealkylation sites (tertiary alicyclic amines) is 1. The highest BCUT2D eigenvalue weighted by Gasteiger charge is 2.34. The summed E-state index contributed by atoms with van der Waals surface area (Å²) < 4.78 is 7.20. The zero-order valence-electron chi connectivity index (χ0n) is 15.6. The van der Waals surface area contributed by atoms with Crippen LogP contribution in [0.4, 0.5) is 0 Å². The van der Waals surface area contributed by atoms with Gasteiger partial charge in [0, 0.05) is 19.5 Å². The molecular weight excluding hydrogens is 346 g/mol. The maximum absolute atomic E-state index is 12.8. The lowest BCUT2D eigenvalue weighted by Crippen LogP contribution is -2.51. The van der Waals surface area contributed by atoms with Gasteiger partial charge in [0.2, 0.25) is 5.91 Å². The Kier molecular flexibility index (Phi) is 4.96. The van der Waals surface area contributed by atoms with Crippen molar-refractivity contribution in [3.8, 4) is 0 Å². The van der Waals surface area contributed by atoms with Crippen molar-refractivity contribution < 1.29 is 14.0 Å². The average molecular weight is 371 g/mol. The van der Waals surface area contributed by atoms with Gasteiger partial charge in [0.15, 0.2) is 11.6 Å². The van der Waals surface area contributed by atoms with Crippen molar-refractivity contribution >= 4 is 11.8 Å². The van der Waals surface area contributed by atoms with Gasteiger partial charge in [0.1, 0.15) is 11.9 Å². The lowest BCUT2D eigenvalue weighted by molar-refractivity contribution is -0.126. The predicted molar refractivity (Wildman–Crippen MR) is 96.8 cm³/mol. The molecule has 1 saturated carbocycles. The van der Waals surface area contributed by atoms with E-state index in [1.54, 1.807) is 17.0 Å². The maximum Gasteiger partial charge on any atom is 0.290 e. The van der Waals surface area contributed by atoms with E-state index in [0.29, 0.717) is 25.4 Å². The predicted octanol–water partition coefficient (Wildman–Crippen LogP) is 1.99. The van der Waals surface area contributed by atoms with E-state index in [1.807, 2.05) is 11.6 Å². The van der Waals surface area contributed by atoms with Gasteiger partial charge in [0.05, 0.1) is 12.8 Å². The molecule has 1 unspecified atom stereocenters. The van der Waals surface area contributed by atoms with Gasteiger partial charge in [-0.2, -0.15) is 0 Å². The van der Waals surface area contributed by atoms with E-state index in [4.69, 9.17) is 4.42 Å². The second-order valence-electron chi connectivity index (χ2n) is 7.37. The molecule has 8 nitrogen and oxygen atoms in total. The summed E-state index contributed by atoms with van der Waals surface area (Å²) in [6, 6.07) is 2.84. The molecule has 4 rings (SSSR count). The number of rotatable bonds is 5. The number of hydrogen-bond acceptors (Lipinski definition) is 5. The van der Waals surface area contributed by atoms with Crippen LogP contribution in [-0.4, -0.2) is 44.1 Å². The summed E-state index contributed by atoms with van der Waals surface area (Å²) in [4.78, 5) is 27.0. The van der Waals surface area contributed by atoms with Gasteiger partial charge in [0.25, 0.3) is 5.91 Å². The first-order valence-electron chi connectivity index (χ1n) is 9.65. The molecular formula is C19H25N5O3. The number of nitrogens with zero attached hydrogens (tertiary/aromatic N) is 4. The Labute approximate surface area is 157 Å². The summed E-state index contributed by atoms with van der Waals surface area (Å²) >= 11 is 0. The van der Waals surface area contributed by atoms with Crippen LogP contribution in [0.5, 0.6) is 0 Å². The number of hydrogen-bond donors (Lipinski definition) is 1. The second-order valence-corrected chi connectivity index (χ2v) is 7.37. The lowest BCUT2D eigenvalue weighted by Gasteiger charge is -2.34. The fourth-order valence-corrected chi connectivity index (χ4v) is 3.82. The fourth-order valence-electron chi connectivity index (χ4n) is 3.82. The molecule has 2 fully saturated rings. The lowest BCUT2D eigenvalue weighted by atomic mass is 9.85. The molecule has 27 heavy (non-hydrogen) atoms. The molecule has 1 N–H and O–H groups in total. The largest absolute Gasteiger partial charge is 0.459 e. The number of carbonyl (C=O) groups is 2. The molecule has 2 aromatic rings. The van der Waals surface area contributed by atoms with E-state index >= 15 is 0 Å². The van der Waals surface area contributed by atoms with E-state index in [-0.39, 0.29) is 17.6 Å². The first kappa shape index (κ1) is 17.8. The Morgan fingerprint density at radius 3 is 2.78 bits per heavy atom. The van der Waals surface area contributed by atoms with E-state index in [9.17, 15) is 9.59 Å². The molecule has 144 valence electrons. The Morgan fingerprint density at radius 2 is 2.07 bits per heavy atom. The zero-order valence-corrected chi connectivity index (χ0v) is 15.6. The van der Waals surface area contributed by atoms with Gasteiger partial charge in [-0.3, -0.25) is 9.59 Å². The molecule has 2 aliphatic rings. The number of amides is 2. The van der Waals surface area contributed by atoms with Crippen LogP contribution in [0.15, 0.2) is 22.8 Å². The summed E-state index contributed by atoms with van der Waals surface area (Å²) in [6.07, 6.45) is 7.50. The number of aromatic nitrogens is 3. The van der Waals surface area contributed by atoms with Crippen molar-refractivity contribution in [3.63, 3.8) is 0 Å². The minimum absolute atomic E-state index is 0.150. The molecule has 0 aromatic carbocycles. The van der Waals surface area contributed by atoms with Crippen molar-refractivity contribution in [1.29, 1.82) is 0 Å². The second kappa shape index (κ2) is 7.54. The molecule has 1 aliphatic heterocycles. The van der Waals surface area contributed by atoms with E-state index in [1.165, 1.54) is 12.7 Å². The summed E-state index contributed by atoms with van der Waals surface area (Å²) in [6.45, 7) is 0.877. The fraction of sp³-hybridized carbons (Fsp3) is 0.579. The Bertz CT molecular complexity index is 809. The number of nitrogens with one attached hydrogen (secondary N) is 1. The molecule has 0 spiro atoms. The third-order valence-electron chi connectivity index (χ3n) is 5.69. The summed E-state index contributed by atoms with van der Waals surface area (Å²) in [5.41, 5.74) is 0. The molecule has 2 aromatic heterocycles. The van der Waals surface area contributed by atoms with Crippen LogP contribution in [-0.2, 0) is 18.4 Å². The minimum atomic E-state index is -0.476. The highest BCUT2D eigenvalue weighted by molar-refractivity contribution is 5.95. The van der Waals surface area contributed by atoms with Crippen LogP contribution in [0.2, 0.25) is 0 Å². The quantitative estimate of drug-likeness (QED) is 0.867. The molecule has 1 atom stereocenters. The average Bonchev–Trinajstić information content (AvgIpc) is 3.29. The highest BCUT2D eigenvalue weighted by Crippen LogP contribution is 2.35. The smallest absolute Gasteiger partial charge is 0.290 e. The van der Waals surface area contributed by atoms with Crippen LogP contribution in [0.3, 0.4) is 0 Å². The standard InChI is InChI=1S/C19H25N5O3/c1-23-16(21-22-17(23)13-6-4-7-13)12-20-18(25)14-8-2-3-10-24(14)19(26)15-9-5-11-27-15/h5,9,11,13-14H,2-4,6-8,10,12H2,1H3,(H,20,25). The Hall–Kier alpha value is -2.64. The third kappa shape index (κ3) is 3.48. The van der Waals surface area contributed by atoms with Gasteiger partial charge < -0.3 is 19.2 Å². The molecule has 3 heterocycles. The number of piperidine rings is 1. The van der Waals surface area contributed by atoms with Crippen LogP contribution in [0.1, 0.15) is 66.6 Å². The first-order chi connectivity index (χ1) is 13.1. The summed E-state index contributed by atoms with van der Waals surface area (Å²) in [5.74, 6) is 2.12. The van der Waals surface area contributed by atoms with Gasteiger partial charge in [-0.15, -0.1) is 10.2 Å². The van der Waals surface area contributed by atoms with Crippen LogP contribution >= 0.6 is 0 Å². The van der Waals surface area contributed by atoms with Gasteiger partial charge in [-0.05, 0) is 44.2 Å². The Morgan fingerprint density at radius 1 is 1.22 bits per heavy atom. The van der Waals surface area contributed by atoms with Gasteiger partial charge >= 0.3 is 0 Å². The van der Waals surface area contributed by atoms with Crippen molar-refractivity contribution in [3.05, 3.63) is 35.8 Å². The Balaban J connectivity index is 1.40. The molecule has 8 heteroatoms. The number of carbonyl (C=O) groups excluding carboxylic acids is 2. The van der Waals surface area contributed by atoms with E-state index in [0.717, 1.165) is 37.3 Å². The molecule has 2 amide bonds. The molecule has 0 radical (unpaired) electrons. The molecule has 1 saturated heterocycles. The number of furan rings is 1. The van der Waals surface area contributed by atoms with Crippen molar-refractivity contribution in [1.82, 2.24) is 25.0 Å². The minimum Gasteiger partial charge on any atom is -0.459 e. The summed E-state index contributed by atoms with van der Waals surface area (Å²) in [7, 11) is 1.95. The molecule has 0 bridgehead atoms. The van der Waals surface area contributed by atoms with Crippen molar-refractivity contribution in [2.75, 3.05) is 6.54 Å². The monoisotopic (exact) mass is 371 g/mol. The van der Waals surface area contributed by atoms with Crippen molar-refractivity contribution in [2.24, 2.45) is 7.05 Å². The van der Waals surface area contributed by atoms with Crippen LogP contribution in [0.25, 0.3) is 0 Å².